The average Bonchev–Trinajstić information content (AvgIpc) is 2.25. The quantitative estimate of drug-likeness (QED) is 0.399. The molecule has 0 amide bonds. The van der Waals surface area contributed by atoms with Crippen LogP contribution in [0.5, 0.6) is 0 Å². The van der Waals surface area contributed by atoms with Crippen LogP contribution in [0.2, 0.25) is 0 Å². The van der Waals surface area contributed by atoms with Gasteiger partial charge in [-0.3, -0.25) is 0 Å². The number of halogens is 2. The number of carbonyl (C=O) groups excluding carboxylic acids is 1. The lowest BCUT2D eigenvalue weighted by Crippen LogP contribution is -2.21. The zero-order valence-electron chi connectivity index (χ0n) is 8.54. The summed E-state index contributed by atoms with van der Waals surface area (Å²) in [6.45, 7) is 1.82. The zero-order chi connectivity index (χ0) is 12.1. The van der Waals surface area contributed by atoms with E-state index in [-0.39, 0.29) is 22.4 Å². The summed E-state index contributed by atoms with van der Waals surface area (Å²) in [7, 11) is 0. The molecule has 1 rings (SSSR count). The fraction of sp³-hybridized carbons (Fsp3) is 0.200. The highest BCUT2D eigenvalue weighted by Crippen LogP contribution is 2.19. The van der Waals surface area contributed by atoms with Crippen LogP contribution >= 0.6 is 15.9 Å². The molecule has 0 bridgehead atoms. The topological polar surface area (TPSA) is 64.7 Å². The van der Waals surface area contributed by atoms with Crippen molar-refractivity contribution in [2.75, 3.05) is 6.61 Å². The van der Waals surface area contributed by atoms with E-state index in [4.69, 9.17) is 10.6 Å². The van der Waals surface area contributed by atoms with E-state index in [0.717, 1.165) is 0 Å². The fourth-order valence-electron chi connectivity index (χ4n) is 1.12. The number of hydrazone groups is 1. The predicted octanol–water partition coefficient (Wildman–Crippen LogP) is 1.81. The zero-order valence-corrected chi connectivity index (χ0v) is 10.1. The van der Waals surface area contributed by atoms with E-state index >= 15 is 0 Å². The summed E-state index contributed by atoms with van der Waals surface area (Å²) in [5.41, 5.74) is -0.226. The normalized spacial score (nSPS) is 11.3. The summed E-state index contributed by atoms with van der Waals surface area (Å²) in [4.78, 5) is 11.4. The van der Waals surface area contributed by atoms with Gasteiger partial charge < -0.3 is 10.6 Å². The van der Waals surface area contributed by atoms with Crippen LogP contribution < -0.4 is 5.84 Å². The van der Waals surface area contributed by atoms with Crippen LogP contribution in [0.1, 0.15) is 12.5 Å². The van der Waals surface area contributed by atoms with Crippen LogP contribution in [-0.4, -0.2) is 18.3 Å². The molecule has 0 fully saturated rings. The largest absolute Gasteiger partial charge is 0.461 e. The van der Waals surface area contributed by atoms with Crippen LogP contribution in [0.4, 0.5) is 4.39 Å². The SMILES string of the molecule is CCOC(=O)/C(=N/N)c1cccc(Br)c1F. The molecule has 86 valence electrons. The molecular weight excluding hydrogens is 279 g/mol. The lowest BCUT2D eigenvalue weighted by molar-refractivity contribution is -0.134. The summed E-state index contributed by atoms with van der Waals surface area (Å²) in [6.07, 6.45) is 0. The van der Waals surface area contributed by atoms with Crippen molar-refractivity contribution in [2.45, 2.75) is 6.92 Å². The van der Waals surface area contributed by atoms with Crippen molar-refractivity contribution < 1.29 is 13.9 Å². The Labute approximate surface area is 100 Å². The van der Waals surface area contributed by atoms with Gasteiger partial charge in [0.05, 0.1) is 11.1 Å². The molecule has 0 saturated carbocycles. The lowest BCUT2D eigenvalue weighted by atomic mass is 10.1. The highest BCUT2D eigenvalue weighted by Gasteiger charge is 2.20. The van der Waals surface area contributed by atoms with E-state index < -0.39 is 11.8 Å². The third kappa shape index (κ3) is 2.57. The van der Waals surface area contributed by atoms with Crippen molar-refractivity contribution >= 4 is 27.6 Å². The Balaban J connectivity index is 3.15. The molecule has 16 heavy (non-hydrogen) atoms. The smallest absolute Gasteiger partial charge is 0.359 e. The summed E-state index contributed by atoms with van der Waals surface area (Å²) in [5.74, 6) is 3.71. The molecular formula is C10H10BrFN2O2. The number of hydrogen-bond acceptors (Lipinski definition) is 4. The molecule has 1 aromatic rings. The van der Waals surface area contributed by atoms with Crippen LogP contribution in [0.25, 0.3) is 0 Å². The lowest BCUT2D eigenvalue weighted by Gasteiger charge is -2.06. The summed E-state index contributed by atoms with van der Waals surface area (Å²) < 4.78 is 18.6. The van der Waals surface area contributed by atoms with Gasteiger partial charge in [-0.15, -0.1) is 0 Å². The predicted molar refractivity (Wildman–Crippen MR) is 61.5 cm³/mol. The maximum Gasteiger partial charge on any atom is 0.359 e. The van der Waals surface area contributed by atoms with Crippen molar-refractivity contribution in [1.29, 1.82) is 0 Å². The van der Waals surface area contributed by atoms with Gasteiger partial charge in [0.15, 0.2) is 5.71 Å². The molecule has 0 spiro atoms. The summed E-state index contributed by atoms with van der Waals surface area (Å²) >= 11 is 3.01. The van der Waals surface area contributed by atoms with E-state index in [9.17, 15) is 9.18 Å². The summed E-state index contributed by atoms with van der Waals surface area (Å²) in [6, 6.07) is 4.49. The van der Waals surface area contributed by atoms with Gasteiger partial charge in [0.2, 0.25) is 0 Å². The van der Waals surface area contributed by atoms with Crippen molar-refractivity contribution in [3.8, 4) is 0 Å². The van der Waals surface area contributed by atoms with Crippen molar-refractivity contribution in [3.05, 3.63) is 34.1 Å². The molecule has 0 aromatic heterocycles. The maximum absolute atomic E-state index is 13.6. The number of carbonyl (C=O) groups is 1. The number of ether oxygens (including phenoxy) is 1. The van der Waals surface area contributed by atoms with Crippen molar-refractivity contribution in [3.63, 3.8) is 0 Å². The van der Waals surface area contributed by atoms with Gasteiger partial charge in [0.1, 0.15) is 5.82 Å². The molecule has 0 heterocycles. The van der Waals surface area contributed by atoms with Crippen LogP contribution in [-0.2, 0) is 9.53 Å². The average molecular weight is 289 g/mol. The molecule has 0 aliphatic heterocycles. The molecule has 2 N–H and O–H groups in total. The minimum Gasteiger partial charge on any atom is -0.461 e. The highest BCUT2D eigenvalue weighted by atomic mass is 79.9. The Kier molecular flexibility index (Phi) is 4.42. The second-order valence-corrected chi connectivity index (χ2v) is 3.65. The minimum absolute atomic E-state index is 0.00956. The Bertz CT molecular complexity index is 435. The number of esters is 1. The molecule has 1 aromatic carbocycles. The third-order valence-corrected chi connectivity index (χ3v) is 2.42. The molecule has 0 aliphatic carbocycles. The van der Waals surface area contributed by atoms with Gasteiger partial charge in [-0.1, -0.05) is 6.07 Å². The first-order chi connectivity index (χ1) is 7.61. The first-order valence-corrected chi connectivity index (χ1v) is 5.30. The molecule has 4 nitrogen and oxygen atoms in total. The third-order valence-electron chi connectivity index (χ3n) is 1.80. The van der Waals surface area contributed by atoms with Gasteiger partial charge in [-0.2, -0.15) is 5.10 Å². The number of benzene rings is 1. The van der Waals surface area contributed by atoms with Gasteiger partial charge >= 0.3 is 5.97 Å². The van der Waals surface area contributed by atoms with Crippen LogP contribution in [0, 0.1) is 5.82 Å². The van der Waals surface area contributed by atoms with Gasteiger partial charge in [-0.25, -0.2) is 9.18 Å². The second kappa shape index (κ2) is 5.60. The van der Waals surface area contributed by atoms with E-state index in [1.165, 1.54) is 12.1 Å². The Hall–Kier alpha value is -1.43. The van der Waals surface area contributed by atoms with Gasteiger partial charge in [-0.05, 0) is 35.0 Å². The molecule has 0 unspecified atom stereocenters. The van der Waals surface area contributed by atoms with E-state index in [1.807, 2.05) is 0 Å². The van der Waals surface area contributed by atoms with Gasteiger partial charge in [0, 0.05) is 5.56 Å². The standard InChI is InChI=1S/C10H10BrFN2O2/c1-2-16-10(15)9(14-13)6-4-3-5-7(11)8(6)12/h3-5H,2,13H2,1H3/b14-9+. The number of rotatable bonds is 3. The van der Waals surface area contributed by atoms with Gasteiger partial charge in [0.25, 0.3) is 0 Å². The molecule has 0 atom stereocenters. The first-order valence-electron chi connectivity index (χ1n) is 4.51. The fourth-order valence-corrected chi connectivity index (χ4v) is 1.48. The first kappa shape index (κ1) is 12.6. The molecule has 0 aliphatic rings. The molecule has 0 radical (unpaired) electrons. The van der Waals surface area contributed by atoms with E-state index in [2.05, 4.69) is 21.0 Å². The summed E-state index contributed by atoms with van der Waals surface area (Å²) in [5, 5.41) is 3.26. The molecule has 0 saturated heterocycles. The Morgan fingerprint density at radius 1 is 1.62 bits per heavy atom. The van der Waals surface area contributed by atoms with Crippen molar-refractivity contribution in [2.24, 2.45) is 10.9 Å². The monoisotopic (exact) mass is 288 g/mol. The second-order valence-electron chi connectivity index (χ2n) is 2.80. The number of nitrogens with two attached hydrogens (primary N) is 1. The maximum atomic E-state index is 13.6. The Morgan fingerprint density at radius 2 is 2.31 bits per heavy atom. The highest BCUT2D eigenvalue weighted by molar-refractivity contribution is 9.10. The van der Waals surface area contributed by atoms with Crippen LogP contribution in [0.15, 0.2) is 27.8 Å². The van der Waals surface area contributed by atoms with E-state index in [1.54, 1.807) is 13.0 Å². The van der Waals surface area contributed by atoms with Crippen molar-refractivity contribution in [1.82, 2.24) is 0 Å². The Morgan fingerprint density at radius 3 is 2.88 bits per heavy atom. The number of hydrogen-bond donors (Lipinski definition) is 1. The molecule has 6 heteroatoms. The number of nitrogens with zero attached hydrogens (tertiary/aromatic N) is 1. The minimum atomic E-state index is -0.748. The van der Waals surface area contributed by atoms with Crippen LogP contribution in [0.3, 0.4) is 0 Å². The van der Waals surface area contributed by atoms with E-state index in [0.29, 0.717) is 0 Å².